The normalized spacial score (nSPS) is 20.3. The molecular weight excluding hydrogens is 468 g/mol. The fourth-order valence-electron chi connectivity index (χ4n) is 5.59. The molecule has 1 saturated heterocycles. The summed E-state index contributed by atoms with van der Waals surface area (Å²) in [5.74, 6) is 0.223. The van der Waals surface area contributed by atoms with Gasteiger partial charge in [0.1, 0.15) is 0 Å². The van der Waals surface area contributed by atoms with Crippen LogP contribution >= 0.6 is 0 Å². The Kier molecular flexibility index (Phi) is 8.21. The maximum absolute atomic E-state index is 13.1. The summed E-state index contributed by atoms with van der Waals surface area (Å²) in [4.78, 5) is 26.8. The molecule has 0 saturated carbocycles. The highest BCUT2D eigenvalue weighted by molar-refractivity contribution is 5.91. The number of rotatable bonds is 11. The number of carbonyl (C=O) groups excluding carboxylic acids is 2. The molecular formula is C30H36N2O5. The van der Waals surface area contributed by atoms with Crippen LogP contribution in [-0.4, -0.2) is 61.0 Å². The van der Waals surface area contributed by atoms with Crippen LogP contribution in [-0.2, 0) is 25.5 Å². The molecule has 1 fully saturated rings. The summed E-state index contributed by atoms with van der Waals surface area (Å²) in [5, 5.41) is 12.1. The van der Waals surface area contributed by atoms with Gasteiger partial charge in [-0.25, -0.2) is 0 Å². The largest absolute Gasteiger partial charge is 0.459 e. The number of hydrogen-bond acceptors (Lipinski definition) is 5. The fourth-order valence-corrected chi connectivity index (χ4v) is 5.59. The van der Waals surface area contributed by atoms with Crippen LogP contribution < -0.4 is 5.32 Å². The van der Waals surface area contributed by atoms with E-state index in [0.29, 0.717) is 45.4 Å². The van der Waals surface area contributed by atoms with Crippen molar-refractivity contribution in [2.75, 3.05) is 32.8 Å². The van der Waals surface area contributed by atoms with E-state index < -0.39 is 6.29 Å². The van der Waals surface area contributed by atoms with Crippen LogP contribution in [0.25, 0.3) is 11.1 Å². The van der Waals surface area contributed by atoms with Gasteiger partial charge in [0.05, 0.1) is 6.61 Å². The minimum absolute atomic E-state index is 0.0103. The number of unbranched alkanes of at least 4 members (excludes halogenated alkanes) is 1. The predicted octanol–water partition coefficient (Wildman–Crippen LogP) is 3.89. The average Bonchev–Trinajstić information content (AvgIpc) is 3.51. The zero-order valence-corrected chi connectivity index (χ0v) is 21.3. The van der Waals surface area contributed by atoms with Gasteiger partial charge in [0.2, 0.25) is 12.2 Å². The maximum Gasteiger partial charge on any atom is 0.286 e. The molecule has 1 aliphatic carbocycles. The van der Waals surface area contributed by atoms with Crippen LogP contribution in [0.4, 0.5) is 0 Å². The topological polar surface area (TPSA) is 88.1 Å². The molecule has 7 nitrogen and oxygen atoms in total. The Morgan fingerprint density at radius 1 is 1.11 bits per heavy atom. The summed E-state index contributed by atoms with van der Waals surface area (Å²) in [6.45, 7) is 2.55. The Balaban J connectivity index is 1.30. The third kappa shape index (κ3) is 5.89. The van der Waals surface area contributed by atoms with Crippen molar-refractivity contribution in [2.24, 2.45) is 0 Å². The third-order valence-corrected chi connectivity index (χ3v) is 7.49. The lowest BCUT2D eigenvalue weighted by molar-refractivity contribution is -0.146. The van der Waals surface area contributed by atoms with E-state index in [4.69, 9.17) is 14.6 Å². The van der Waals surface area contributed by atoms with E-state index in [-0.39, 0.29) is 30.1 Å². The van der Waals surface area contributed by atoms with Gasteiger partial charge in [0.25, 0.3) is 5.91 Å². The molecule has 2 amide bonds. The van der Waals surface area contributed by atoms with Gasteiger partial charge in [-0.05, 0) is 66.0 Å². The lowest BCUT2D eigenvalue weighted by atomic mass is 9.87. The number of aliphatic hydroxyl groups excluding tert-OH is 1. The monoisotopic (exact) mass is 504 g/mol. The molecule has 2 aromatic carbocycles. The first-order chi connectivity index (χ1) is 18.1. The van der Waals surface area contributed by atoms with Crippen LogP contribution in [0.2, 0.25) is 0 Å². The smallest absolute Gasteiger partial charge is 0.286 e. The number of nitrogens with one attached hydrogen (secondary N) is 1. The van der Waals surface area contributed by atoms with E-state index in [2.05, 4.69) is 47.8 Å². The summed E-state index contributed by atoms with van der Waals surface area (Å²) in [7, 11) is 0. The van der Waals surface area contributed by atoms with Crippen LogP contribution in [0.1, 0.15) is 61.1 Å². The SMILES string of the molecule is O=C(NCCCN1CCCC1=O)C1=C[C@H](c2cccc3c2Cc2ccccc2-3)C[C@H](OCCCCO)O1. The van der Waals surface area contributed by atoms with Crippen molar-refractivity contribution in [2.45, 2.75) is 57.2 Å². The lowest BCUT2D eigenvalue weighted by Crippen LogP contribution is -2.35. The Bertz CT molecular complexity index is 1160. The van der Waals surface area contributed by atoms with Crippen molar-refractivity contribution in [3.05, 3.63) is 71.0 Å². The Morgan fingerprint density at radius 3 is 2.81 bits per heavy atom. The number of nitrogens with zero attached hydrogens (tertiary/aromatic N) is 1. The first kappa shape index (κ1) is 25.5. The van der Waals surface area contributed by atoms with Crippen LogP contribution in [0, 0.1) is 0 Å². The minimum Gasteiger partial charge on any atom is -0.459 e. The molecule has 2 aromatic rings. The van der Waals surface area contributed by atoms with Crippen molar-refractivity contribution in [3.63, 3.8) is 0 Å². The highest BCUT2D eigenvalue weighted by atomic mass is 16.7. The van der Waals surface area contributed by atoms with E-state index >= 15 is 0 Å². The molecule has 37 heavy (non-hydrogen) atoms. The van der Waals surface area contributed by atoms with Crippen molar-refractivity contribution < 1.29 is 24.2 Å². The number of ether oxygens (including phenoxy) is 2. The molecule has 2 N–H and O–H groups in total. The van der Waals surface area contributed by atoms with Gasteiger partial charge in [0.15, 0.2) is 5.76 Å². The fraction of sp³-hybridized carbons (Fsp3) is 0.467. The summed E-state index contributed by atoms with van der Waals surface area (Å²) >= 11 is 0. The number of amides is 2. The first-order valence-electron chi connectivity index (χ1n) is 13.5. The van der Waals surface area contributed by atoms with E-state index in [1.807, 2.05) is 11.0 Å². The number of hydrogen-bond donors (Lipinski definition) is 2. The minimum atomic E-state index is -0.531. The zero-order valence-electron chi connectivity index (χ0n) is 21.3. The molecule has 2 aliphatic heterocycles. The lowest BCUT2D eigenvalue weighted by Gasteiger charge is -2.30. The Morgan fingerprint density at radius 2 is 1.97 bits per heavy atom. The van der Waals surface area contributed by atoms with Crippen molar-refractivity contribution in [3.8, 4) is 11.1 Å². The molecule has 0 spiro atoms. The van der Waals surface area contributed by atoms with Crippen molar-refractivity contribution >= 4 is 11.8 Å². The molecule has 0 aromatic heterocycles. The second kappa shape index (κ2) is 11.9. The summed E-state index contributed by atoms with van der Waals surface area (Å²) in [6.07, 6.45) is 6.57. The Hall–Kier alpha value is -3.16. The van der Waals surface area contributed by atoms with Gasteiger partial charge >= 0.3 is 0 Å². The predicted molar refractivity (Wildman–Crippen MR) is 141 cm³/mol. The van der Waals surface area contributed by atoms with E-state index in [0.717, 1.165) is 25.8 Å². The highest BCUT2D eigenvalue weighted by Gasteiger charge is 2.32. The van der Waals surface area contributed by atoms with Gasteiger partial charge in [-0.3, -0.25) is 9.59 Å². The molecule has 196 valence electrons. The number of likely N-dealkylation sites (tertiary alicyclic amines) is 1. The molecule has 7 heteroatoms. The van der Waals surface area contributed by atoms with Crippen LogP contribution in [0.15, 0.2) is 54.3 Å². The van der Waals surface area contributed by atoms with Gasteiger partial charge in [-0.15, -0.1) is 0 Å². The molecule has 0 bridgehead atoms. The summed E-state index contributed by atoms with van der Waals surface area (Å²) in [6, 6.07) is 14.9. The molecule has 2 heterocycles. The standard InChI is InChI=1S/C30H36N2O5/c33-16-3-4-17-36-29-20-22(24-10-5-11-25-23-9-2-1-8-21(23)18-26(24)25)19-27(37-29)30(35)31-13-7-15-32-14-6-12-28(32)34/h1-2,5,8-11,19,22,29,33H,3-4,6-7,12-18,20H2,(H,31,35)/t22-,29+/m0/s1. The number of fused-ring (bicyclic) bond motifs is 3. The summed E-state index contributed by atoms with van der Waals surface area (Å²) < 4.78 is 12.0. The number of carbonyl (C=O) groups is 2. The first-order valence-corrected chi connectivity index (χ1v) is 13.5. The maximum atomic E-state index is 13.1. The second-order valence-electron chi connectivity index (χ2n) is 10.0. The van der Waals surface area contributed by atoms with Gasteiger partial charge < -0.3 is 24.8 Å². The van der Waals surface area contributed by atoms with E-state index in [9.17, 15) is 9.59 Å². The number of aliphatic hydroxyl groups is 1. The number of allylic oxidation sites excluding steroid dienone is 1. The van der Waals surface area contributed by atoms with Crippen molar-refractivity contribution in [1.82, 2.24) is 10.2 Å². The molecule has 0 radical (unpaired) electrons. The third-order valence-electron chi connectivity index (χ3n) is 7.49. The van der Waals surface area contributed by atoms with Crippen LogP contribution in [0.3, 0.4) is 0 Å². The quantitative estimate of drug-likeness (QED) is 0.387. The van der Waals surface area contributed by atoms with E-state index in [1.54, 1.807) is 0 Å². The highest BCUT2D eigenvalue weighted by Crippen LogP contribution is 2.42. The average molecular weight is 505 g/mol. The molecule has 3 aliphatic rings. The molecule has 2 atom stereocenters. The molecule has 0 unspecified atom stereocenters. The van der Waals surface area contributed by atoms with Gasteiger partial charge in [-0.2, -0.15) is 0 Å². The number of benzene rings is 2. The zero-order chi connectivity index (χ0) is 25.6. The van der Waals surface area contributed by atoms with Crippen molar-refractivity contribution in [1.29, 1.82) is 0 Å². The van der Waals surface area contributed by atoms with Gasteiger partial charge in [0, 0.05) is 45.0 Å². The van der Waals surface area contributed by atoms with Gasteiger partial charge in [-0.1, -0.05) is 42.5 Å². The summed E-state index contributed by atoms with van der Waals surface area (Å²) in [5.41, 5.74) is 6.38. The Labute approximate surface area is 218 Å². The van der Waals surface area contributed by atoms with Crippen LogP contribution in [0.5, 0.6) is 0 Å². The van der Waals surface area contributed by atoms with E-state index in [1.165, 1.54) is 27.8 Å². The second-order valence-corrected chi connectivity index (χ2v) is 10.0. The molecule has 5 rings (SSSR count).